The first-order valence-electron chi connectivity index (χ1n) is 13.2. The Morgan fingerprint density at radius 1 is 1.14 bits per heavy atom. The fourth-order valence-electron chi connectivity index (χ4n) is 7.71. The zero-order valence-electron chi connectivity index (χ0n) is 22.1. The number of Topliss-reactive ketones (excluding diaryl/α,β-unsaturated/α-hetero) is 1. The van der Waals surface area contributed by atoms with Gasteiger partial charge in [0.2, 0.25) is 0 Å². The highest BCUT2D eigenvalue weighted by atomic mass is 32.2. The lowest BCUT2D eigenvalue weighted by Gasteiger charge is -2.54. The molecule has 0 radical (unpaired) electrons. The minimum atomic E-state index is -3.80. The molecule has 5 rings (SSSR count). The highest BCUT2D eigenvalue weighted by Crippen LogP contribution is 2.67. The molecule has 2 fully saturated rings. The van der Waals surface area contributed by atoms with E-state index in [0.29, 0.717) is 25.7 Å². The zero-order valence-corrected chi connectivity index (χ0v) is 22.9. The van der Waals surface area contributed by atoms with E-state index < -0.39 is 33.5 Å². The molecular weight excluding hydrogens is 490 g/mol. The Labute approximate surface area is 219 Å². The number of aliphatic hydroxyl groups is 1. The third kappa shape index (κ3) is 4.41. The summed E-state index contributed by atoms with van der Waals surface area (Å²) in [6.45, 7) is 1.37. The topological polar surface area (TPSA) is 101 Å². The molecule has 4 aliphatic carbocycles. The lowest BCUT2D eigenvalue weighted by Crippen LogP contribution is -2.56. The molecule has 0 bridgehead atoms. The highest BCUT2D eigenvalue weighted by molar-refractivity contribution is 7.86. The molecule has 0 amide bonds. The second-order valence-corrected chi connectivity index (χ2v) is 13.4. The quantitative estimate of drug-likeness (QED) is 0.560. The van der Waals surface area contributed by atoms with Crippen LogP contribution in [0.15, 0.2) is 47.1 Å². The number of fused-ring (bicyclic) bond motifs is 4. The van der Waals surface area contributed by atoms with Crippen molar-refractivity contribution in [3.8, 4) is 0 Å². The van der Waals surface area contributed by atoms with Gasteiger partial charge >= 0.3 is 0 Å². The standard InChI is InChI=1S/C29H37NO6S/c1-28-16-24(18-5-8-20(9-6-18)30(2)3)27-22-12-10-21(31)15-19(22)7-11-23(27)25(28)13-14-29(28,33)26(32)17-36-37(4,34)35/h5-6,8-9,15,23-25,33H,7,10-14,16-17H2,1-4H3/t23?,24-,25?,28+,29+/m1/s1. The van der Waals surface area contributed by atoms with Gasteiger partial charge in [-0.3, -0.25) is 13.8 Å². The van der Waals surface area contributed by atoms with Gasteiger partial charge in [0.05, 0.1) is 6.26 Å². The number of hydrogen-bond acceptors (Lipinski definition) is 7. The van der Waals surface area contributed by atoms with E-state index in [1.165, 1.54) is 11.1 Å². The number of hydrogen-bond donors (Lipinski definition) is 1. The average Bonchev–Trinajstić information content (AvgIpc) is 3.12. The summed E-state index contributed by atoms with van der Waals surface area (Å²) in [7, 11) is 0.200. The number of carbonyl (C=O) groups excluding carboxylic acids is 2. The molecule has 1 aromatic carbocycles. The van der Waals surface area contributed by atoms with Crippen molar-refractivity contribution in [2.24, 2.45) is 17.3 Å². The number of benzene rings is 1. The van der Waals surface area contributed by atoms with Gasteiger partial charge in [-0.25, -0.2) is 0 Å². The van der Waals surface area contributed by atoms with E-state index in [9.17, 15) is 23.1 Å². The van der Waals surface area contributed by atoms with Crippen molar-refractivity contribution >= 4 is 27.4 Å². The molecule has 2 saturated carbocycles. The van der Waals surface area contributed by atoms with Gasteiger partial charge in [-0.2, -0.15) is 8.42 Å². The maximum absolute atomic E-state index is 13.4. The second-order valence-electron chi connectivity index (χ2n) is 11.8. The van der Waals surface area contributed by atoms with Crippen molar-refractivity contribution in [3.63, 3.8) is 0 Å². The van der Waals surface area contributed by atoms with E-state index in [4.69, 9.17) is 4.18 Å². The van der Waals surface area contributed by atoms with E-state index in [1.807, 2.05) is 27.1 Å². The monoisotopic (exact) mass is 527 g/mol. The van der Waals surface area contributed by atoms with Gasteiger partial charge in [-0.1, -0.05) is 24.6 Å². The van der Waals surface area contributed by atoms with Crippen LogP contribution in [0.4, 0.5) is 5.69 Å². The molecule has 200 valence electrons. The van der Waals surface area contributed by atoms with E-state index in [1.54, 1.807) is 0 Å². The first-order valence-corrected chi connectivity index (χ1v) is 15.0. The van der Waals surface area contributed by atoms with E-state index in [2.05, 4.69) is 29.2 Å². The molecule has 0 aromatic heterocycles. The number of ketones is 2. The highest BCUT2D eigenvalue weighted by Gasteiger charge is 2.65. The van der Waals surface area contributed by atoms with Crippen molar-refractivity contribution in [2.45, 2.75) is 63.4 Å². The SMILES string of the molecule is CN(C)c1ccc([C@H]2C[C@@]3(C)C(CC[C@]3(O)C(=O)COS(C)(=O)=O)C3CCC4=CC(=O)CCC4=C32)cc1. The van der Waals surface area contributed by atoms with Crippen LogP contribution in [0.25, 0.3) is 0 Å². The van der Waals surface area contributed by atoms with E-state index in [-0.39, 0.29) is 23.5 Å². The summed E-state index contributed by atoms with van der Waals surface area (Å²) in [6, 6.07) is 8.48. The molecule has 0 spiro atoms. The second kappa shape index (κ2) is 9.17. The molecule has 0 heterocycles. The summed E-state index contributed by atoms with van der Waals surface area (Å²) in [5.74, 6) is -0.0611. The summed E-state index contributed by atoms with van der Waals surface area (Å²) in [5.41, 5.74) is 3.71. The molecule has 2 unspecified atom stereocenters. The Morgan fingerprint density at radius 3 is 2.49 bits per heavy atom. The molecule has 37 heavy (non-hydrogen) atoms. The van der Waals surface area contributed by atoms with Crippen LogP contribution in [-0.4, -0.2) is 57.6 Å². The summed E-state index contributed by atoms with van der Waals surface area (Å²) in [6.07, 6.45) is 7.31. The van der Waals surface area contributed by atoms with Gasteiger partial charge in [0.1, 0.15) is 12.2 Å². The van der Waals surface area contributed by atoms with Crippen LogP contribution in [-0.2, 0) is 23.9 Å². The van der Waals surface area contributed by atoms with Crippen LogP contribution in [0.2, 0.25) is 0 Å². The van der Waals surface area contributed by atoms with Gasteiger partial charge in [-0.15, -0.1) is 0 Å². The smallest absolute Gasteiger partial charge is 0.264 e. The van der Waals surface area contributed by atoms with Gasteiger partial charge in [-0.05, 0) is 85.3 Å². The molecule has 7 nitrogen and oxygen atoms in total. The van der Waals surface area contributed by atoms with Gasteiger partial charge in [0.15, 0.2) is 11.6 Å². The van der Waals surface area contributed by atoms with Crippen LogP contribution in [0.5, 0.6) is 0 Å². The summed E-state index contributed by atoms with van der Waals surface area (Å²) < 4.78 is 28.0. The molecular formula is C29H37NO6S. The normalized spacial score (nSPS) is 33.4. The van der Waals surface area contributed by atoms with E-state index >= 15 is 0 Å². The Bertz CT molecular complexity index is 1290. The third-order valence-electron chi connectivity index (χ3n) is 9.56. The Morgan fingerprint density at radius 2 is 1.84 bits per heavy atom. The van der Waals surface area contributed by atoms with Gasteiger partial charge in [0, 0.05) is 37.5 Å². The van der Waals surface area contributed by atoms with E-state index in [0.717, 1.165) is 42.3 Å². The molecule has 4 aliphatic rings. The minimum Gasteiger partial charge on any atom is -0.381 e. The van der Waals surface area contributed by atoms with Crippen molar-refractivity contribution in [1.29, 1.82) is 0 Å². The molecule has 0 aliphatic heterocycles. The largest absolute Gasteiger partial charge is 0.381 e. The summed E-state index contributed by atoms with van der Waals surface area (Å²) in [4.78, 5) is 27.6. The number of allylic oxidation sites excluding steroid dienone is 4. The zero-order chi connectivity index (χ0) is 26.8. The first-order chi connectivity index (χ1) is 17.3. The maximum Gasteiger partial charge on any atom is 0.264 e. The molecule has 0 saturated heterocycles. The lowest BCUT2D eigenvalue weighted by molar-refractivity contribution is -0.157. The lowest BCUT2D eigenvalue weighted by atomic mass is 9.50. The predicted molar refractivity (Wildman–Crippen MR) is 142 cm³/mol. The van der Waals surface area contributed by atoms with Crippen molar-refractivity contribution in [2.75, 3.05) is 31.9 Å². The Hall–Kier alpha value is -2.29. The van der Waals surface area contributed by atoms with Crippen molar-refractivity contribution < 1.29 is 27.3 Å². The summed E-state index contributed by atoms with van der Waals surface area (Å²) in [5, 5.41) is 11.9. The first kappa shape index (κ1) is 26.3. The number of rotatable bonds is 6. The van der Waals surface area contributed by atoms with Crippen LogP contribution in [0, 0.1) is 17.3 Å². The van der Waals surface area contributed by atoms with Crippen LogP contribution >= 0.6 is 0 Å². The van der Waals surface area contributed by atoms with Crippen LogP contribution in [0.3, 0.4) is 0 Å². The number of nitrogens with zero attached hydrogens (tertiary/aromatic N) is 1. The number of carbonyl (C=O) groups is 2. The molecule has 8 heteroatoms. The molecule has 5 atom stereocenters. The van der Waals surface area contributed by atoms with Crippen LogP contribution in [0.1, 0.15) is 63.4 Å². The summed E-state index contributed by atoms with van der Waals surface area (Å²) >= 11 is 0. The number of anilines is 1. The average molecular weight is 528 g/mol. The van der Waals surface area contributed by atoms with Crippen molar-refractivity contribution in [1.82, 2.24) is 0 Å². The molecule has 1 aromatic rings. The minimum absolute atomic E-state index is 0.00242. The third-order valence-corrected chi connectivity index (χ3v) is 10.1. The Kier molecular flexibility index (Phi) is 6.52. The molecule has 1 N–H and O–H groups in total. The van der Waals surface area contributed by atoms with Crippen molar-refractivity contribution in [3.05, 3.63) is 52.6 Å². The fourth-order valence-corrected chi connectivity index (χ4v) is 8.03. The van der Waals surface area contributed by atoms with Crippen LogP contribution < -0.4 is 4.90 Å². The van der Waals surface area contributed by atoms with Gasteiger partial charge < -0.3 is 10.0 Å². The fraction of sp³-hybridized carbons (Fsp3) is 0.586. The maximum atomic E-state index is 13.4. The Balaban J connectivity index is 1.60. The van der Waals surface area contributed by atoms with Gasteiger partial charge in [0.25, 0.3) is 10.1 Å². The predicted octanol–water partition coefficient (Wildman–Crippen LogP) is 3.93.